The molecule has 0 fully saturated rings. The van der Waals surface area contributed by atoms with E-state index in [9.17, 15) is 13.2 Å². The number of halogens is 3. The average Bonchev–Trinajstić information content (AvgIpc) is 2.03. The molecule has 5 heteroatoms. The van der Waals surface area contributed by atoms with E-state index in [4.69, 9.17) is 5.11 Å². The van der Waals surface area contributed by atoms with E-state index in [2.05, 4.69) is 4.74 Å². The number of ether oxygens (including phenoxy) is 1. The molecule has 0 heterocycles. The lowest BCUT2D eigenvalue weighted by molar-refractivity contribution is -0.174. The molecule has 0 aromatic carbocycles. The van der Waals surface area contributed by atoms with Crippen LogP contribution in [0.3, 0.4) is 0 Å². The Balaban J connectivity index is 3.34. The van der Waals surface area contributed by atoms with Gasteiger partial charge in [-0.05, 0) is 12.3 Å². The van der Waals surface area contributed by atoms with Crippen molar-refractivity contribution < 1.29 is 23.0 Å². The van der Waals surface area contributed by atoms with E-state index in [1.54, 1.807) is 0 Å². The van der Waals surface area contributed by atoms with Crippen molar-refractivity contribution in [2.45, 2.75) is 25.9 Å². The first-order valence-electron chi connectivity index (χ1n) is 4.25. The second-order valence-electron chi connectivity index (χ2n) is 2.91. The van der Waals surface area contributed by atoms with Gasteiger partial charge in [0.2, 0.25) is 0 Å². The first-order chi connectivity index (χ1) is 5.99. The van der Waals surface area contributed by atoms with E-state index in [1.165, 1.54) is 0 Å². The Hall–Kier alpha value is -0.290. The molecule has 0 aliphatic rings. The van der Waals surface area contributed by atoms with Crippen molar-refractivity contribution in [3.05, 3.63) is 0 Å². The average molecular weight is 200 g/mol. The summed E-state index contributed by atoms with van der Waals surface area (Å²) >= 11 is 0. The van der Waals surface area contributed by atoms with E-state index in [1.807, 2.05) is 6.92 Å². The number of aliphatic hydroxyl groups is 1. The molecule has 0 aromatic rings. The minimum atomic E-state index is -4.25. The van der Waals surface area contributed by atoms with Gasteiger partial charge in [-0.1, -0.05) is 13.3 Å². The maximum atomic E-state index is 11.6. The highest BCUT2D eigenvalue weighted by atomic mass is 19.4. The van der Waals surface area contributed by atoms with Crippen molar-refractivity contribution in [2.75, 3.05) is 19.8 Å². The molecule has 1 atom stereocenters. The Morgan fingerprint density at radius 3 is 2.38 bits per heavy atom. The summed E-state index contributed by atoms with van der Waals surface area (Å²) < 4.78 is 39.1. The fraction of sp³-hybridized carbons (Fsp3) is 1.00. The minimum absolute atomic E-state index is 0.00583. The third-order valence-corrected chi connectivity index (χ3v) is 1.77. The van der Waals surface area contributed by atoms with E-state index >= 15 is 0 Å². The minimum Gasteiger partial charge on any atom is -0.396 e. The Morgan fingerprint density at radius 1 is 1.38 bits per heavy atom. The third-order valence-electron chi connectivity index (χ3n) is 1.77. The van der Waals surface area contributed by atoms with Crippen molar-refractivity contribution in [3.8, 4) is 0 Å². The molecule has 2 nitrogen and oxygen atoms in total. The molecule has 0 amide bonds. The summed E-state index contributed by atoms with van der Waals surface area (Å²) in [5.41, 5.74) is 0. The number of rotatable bonds is 6. The lowest BCUT2D eigenvalue weighted by Gasteiger charge is -2.12. The lowest BCUT2D eigenvalue weighted by Crippen LogP contribution is -2.18. The fourth-order valence-corrected chi connectivity index (χ4v) is 0.862. The van der Waals surface area contributed by atoms with Crippen LogP contribution in [0, 0.1) is 5.92 Å². The highest BCUT2D eigenvalue weighted by molar-refractivity contribution is 4.54. The smallest absolute Gasteiger partial charge is 0.396 e. The second kappa shape index (κ2) is 6.21. The van der Waals surface area contributed by atoms with Crippen LogP contribution < -0.4 is 0 Å². The first kappa shape index (κ1) is 12.7. The maximum Gasteiger partial charge on any atom is 0.411 e. The third kappa shape index (κ3) is 8.05. The van der Waals surface area contributed by atoms with Gasteiger partial charge < -0.3 is 9.84 Å². The predicted molar refractivity (Wildman–Crippen MR) is 42.4 cm³/mol. The van der Waals surface area contributed by atoms with Crippen LogP contribution in [0.5, 0.6) is 0 Å². The molecule has 1 N–H and O–H groups in total. The topological polar surface area (TPSA) is 29.5 Å². The molecule has 13 heavy (non-hydrogen) atoms. The van der Waals surface area contributed by atoms with Gasteiger partial charge in [-0.2, -0.15) is 13.2 Å². The zero-order chi connectivity index (χ0) is 10.3. The van der Waals surface area contributed by atoms with Gasteiger partial charge in [0.05, 0.1) is 0 Å². The molecule has 80 valence electrons. The summed E-state index contributed by atoms with van der Waals surface area (Å²) in [4.78, 5) is 0. The maximum absolute atomic E-state index is 11.6. The van der Waals surface area contributed by atoms with Gasteiger partial charge in [0.25, 0.3) is 0 Å². The van der Waals surface area contributed by atoms with E-state index in [-0.39, 0.29) is 19.1 Å². The monoisotopic (exact) mass is 200 g/mol. The van der Waals surface area contributed by atoms with Crippen LogP contribution in [0.15, 0.2) is 0 Å². The normalized spacial score (nSPS) is 14.5. The number of hydrogen-bond donors (Lipinski definition) is 1. The SMILES string of the molecule is CCC(CO)CCOCC(F)(F)F. The Bertz CT molecular complexity index is 121. The summed E-state index contributed by atoms with van der Waals surface area (Å²) in [6.45, 7) is 0.740. The standard InChI is InChI=1S/C8H15F3O2/c1-2-7(5-12)3-4-13-6-8(9,10)11/h7,12H,2-6H2,1H3. The summed E-state index contributed by atoms with van der Waals surface area (Å²) in [7, 11) is 0. The zero-order valence-electron chi connectivity index (χ0n) is 7.60. The highest BCUT2D eigenvalue weighted by Crippen LogP contribution is 2.15. The van der Waals surface area contributed by atoms with Gasteiger partial charge in [-0.15, -0.1) is 0 Å². The van der Waals surface area contributed by atoms with Crippen LogP contribution in [0.2, 0.25) is 0 Å². The Kier molecular flexibility index (Phi) is 6.07. The molecule has 0 aliphatic carbocycles. The molecule has 0 rings (SSSR count). The molecule has 0 aromatic heterocycles. The summed E-state index contributed by atoms with van der Waals surface area (Å²) in [5.74, 6) is 0.0493. The number of aliphatic hydroxyl groups excluding tert-OH is 1. The van der Waals surface area contributed by atoms with Gasteiger partial charge in [0.15, 0.2) is 0 Å². The van der Waals surface area contributed by atoms with E-state index in [0.29, 0.717) is 6.42 Å². The predicted octanol–water partition coefficient (Wildman–Crippen LogP) is 1.97. The molecule has 0 spiro atoms. The fourth-order valence-electron chi connectivity index (χ4n) is 0.862. The molecule has 0 bridgehead atoms. The van der Waals surface area contributed by atoms with E-state index in [0.717, 1.165) is 6.42 Å². The van der Waals surface area contributed by atoms with Crippen LogP contribution in [-0.2, 0) is 4.74 Å². The molecule has 1 unspecified atom stereocenters. The lowest BCUT2D eigenvalue weighted by atomic mass is 10.1. The van der Waals surface area contributed by atoms with Gasteiger partial charge in [0.1, 0.15) is 6.61 Å². The van der Waals surface area contributed by atoms with Crippen molar-refractivity contribution in [2.24, 2.45) is 5.92 Å². The molecular formula is C8H15F3O2. The van der Waals surface area contributed by atoms with Crippen LogP contribution in [0.25, 0.3) is 0 Å². The van der Waals surface area contributed by atoms with E-state index < -0.39 is 12.8 Å². The molecule has 0 saturated carbocycles. The second-order valence-corrected chi connectivity index (χ2v) is 2.91. The zero-order valence-corrected chi connectivity index (χ0v) is 7.60. The van der Waals surface area contributed by atoms with Crippen molar-refractivity contribution in [3.63, 3.8) is 0 Å². The molecule has 0 saturated heterocycles. The summed E-state index contributed by atoms with van der Waals surface area (Å²) in [6, 6.07) is 0. The highest BCUT2D eigenvalue weighted by Gasteiger charge is 2.27. The Labute approximate surface area is 75.7 Å². The summed E-state index contributed by atoms with van der Waals surface area (Å²) in [6.07, 6.45) is -3.02. The Morgan fingerprint density at radius 2 is 2.00 bits per heavy atom. The van der Waals surface area contributed by atoms with Crippen LogP contribution >= 0.6 is 0 Å². The van der Waals surface area contributed by atoms with Crippen LogP contribution in [0.1, 0.15) is 19.8 Å². The van der Waals surface area contributed by atoms with Gasteiger partial charge in [-0.25, -0.2) is 0 Å². The van der Waals surface area contributed by atoms with Crippen LogP contribution in [0.4, 0.5) is 13.2 Å². The van der Waals surface area contributed by atoms with Gasteiger partial charge >= 0.3 is 6.18 Å². The van der Waals surface area contributed by atoms with Crippen LogP contribution in [-0.4, -0.2) is 31.1 Å². The molecule has 0 aliphatic heterocycles. The quantitative estimate of drug-likeness (QED) is 0.664. The first-order valence-corrected chi connectivity index (χ1v) is 4.25. The summed E-state index contributed by atoms with van der Waals surface area (Å²) in [5, 5.41) is 8.71. The van der Waals surface area contributed by atoms with Crippen molar-refractivity contribution in [1.82, 2.24) is 0 Å². The van der Waals surface area contributed by atoms with Gasteiger partial charge in [0, 0.05) is 13.2 Å². The van der Waals surface area contributed by atoms with Crippen molar-refractivity contribution >= 4 is 0 Å². The number of hydrogen-bond acceptors (Lipinski definition) is 2. The largest absolute Gasteiger partial charge is 0.411 e. The van der Waals surface area contributed by atoms with Crippen molar-refractivity contribution in [1.29, 1.82) is 0 Å². The number of alkyl halides is 3. The molecular weight excluding hydrogens is 185 g/mol. The molecule has 0 radical (unpaired) electrons. The van der Waals surface area contributed by atoms with Gasteiger partial charge in [-0.3, -0.25) is 0 Å².